The first-order valence-corrected chi connectivity index (χ1v) is 9.52. The SMILES string of the molecule is COCC1(CNC(=O)c2cc([N+](=O)[O-])ccc2Oc2ccccc2)CCNCC1.Cl. The third-order valence-corrected chi connectivity index (χ3v) is 5.13. The Morgan fingerprint density at radius 2 is 1.90 bits per heavy atom. The maximum atomic E-state index is 12.9. The van der Waals surface area contributed by atoms with Gasteiger partial charge in [0.1, 0.15) is 11.5 Å². The number of non-ortho nitro benzene ring substituents is 1. The Labute approximate surface area is 181 Å². The molecule has 30 heavy (non-hydrogen) atoms. The number of carbonyl (C=O) groups excluding carboxylic acids is 1. The van der Waals surface area contributed by atoms with Gasteiger partial charge in [-0.3, -0.25) is 14.9 Å². The Balaban J connectivity index is 0.00000320. The van der Waals surface area contributed by atoms with Crippen LogP contribution in [0.25, 0.3) is 0 Å². The number of nitro benzene ring substituents is 1. The lowest BCUT2D eigenvalue weighted by Gasteiger charge is -2.37. The van der Waals surface area contributed by atoms with Crippen molar-refractivity contribution in [1.29, 1.82) is 0 Å². The number of piperidine rings is 1. The van der Waals surface area contributed by atoms with E-state index in [0.717, 1.165) is 25.9 Å². The Morgan fingerprint density at radius 3 is 2.53 bits per heavy atom. The van der Waals surface area contributed by atoms with Gasteiger partial charge in [0.25, 0.3) is 11.6 Å². The van der Waals surface area contributed by atoms with Gasteiger partial charge in [0, 0.05) is 31.2 Å². The first-order chi connectivity index (χ1) is 14.0. The third kappa shape index (κ3) is 5.91. The zero-order valence-electron chi connectivity index (χ0n) is 16.8. The standard InChI is InChI=1S/C21H25N3O5.ClH/c1-28-15-21(9-11-22-12-10-21)14-23-20(25)18-13-16(24(26)27)7-8-19(18)29-17-5-3-2-4-6-17;/h2-8,13,22H,9-12,14-15H2,1H3,(H,23,25);1H. The van der Waals surface area contributed by atoms with Crippen molar-refractivity contribution in [3.63, 3.8) is 0 Å². The zero-order valence-corrected chi connectivity index (χ0v) is 17.6. The van der Waals surface area contributed by atoms with Crippen molar-refractivity contribution in [2.75, 3.05) is 33.4 Å². The Morgan fingerprint density at radius 1 is 1.20 bits per heavy atom. The van der Waals surface area contributed by atoms with Gasteiger partial charge in [-0.1, -0.05) is 18.2 Å². The smallest absolute Gasteiger partial charge is 0.270 e. The summed E-state index contributed by atoms with van der Waals surface area (Å²) in [7, 11) is 1.65. The topological polar surface area (TPSA) is 103 Å². The van der Waals surface area contributed by atoms with Crippen LogP contribution in [0.15, 0.2) is 48.5 Å². The number of amides is 1. The zero-order chi connectivity index (χ0) is 20.7. The van der Waals surface area contributed by atoms with Crippen LogP contribution in [0.1, 0.15) is 23.2 Å². The van der Waals surface area contributed by atoms with Crippen LogP contribution >= 0.6 is 12.4 Å². The van der Waals surface area contributed by atoms with Gasteiger partial charge in [-0.25, -0.2) is 0 Å². The predicted molar refractivity (Wildman–Crippen MR) is 116 cm³/mol. The van der Waals surface area contributed by atoms with E-state index in [1.54, 1.807) is 19.2 Å². The number of nitrogens with one attached hydrogen (secondary N) is 2. The molecule has 0 atom stereocenters. The van der Waals surface area contributed by atoms with Gasteiger partial charge in [0.2, 0.25) is 0 Å². The van der Waals surface area contributed by atoms with E-state index in [9.17, 15) is 14.9 Å². The molecule has 1 fully saturated rings. The number of carbonyl (C=O) groups is 1. The molecule has 1 aliphatic rings. The van der Waals surface area contributed by atoms with Gasteiger partial charge in [0.15, 0.2) is 0 Å². The van der Waals surface area contributed by atoms with Crippen LogP contribution in [0.2, 0.25) is 0 Å². The van der Waals surface area contributed by atoms with Crippen molar-refractivity contribution in [3.05, 3.63) is 64.2 Å². The van der Waals surface area contributed by atoms with E-state index in [0.29, 0.717) is 18.9 Å². The van der Waals surface area contributed by atoms with Crippen LogP contribution in [0.5, 0.6) is 11.5 Å². The average molecular weight is 436 g/mol. The van der Waals surface area contributed by atoms with Gasteiger partial charge in [-0.15, -0.1) is 12.4 Å². The highest BCUT2D eigenvalue weighted by atomic mass is 35.5. The lowest BCUT2D eigenvalue weighted by atomic mass is 9.79. The van der Waals surface area contributed by atoms with Crippen LogP contribution in [0.3, 0.4) is 0 Å². The van der Waals surface area contributed by atoms with E-state index in [4.69, 9.17) is 9.47 Å². The molecule has 0 spiro atoms. The minimum absolute atomic E-state index is 0. The summed E-state index contributed by atoms with van der Waals surface area (Å²) in [5.74, 6) is 0.406. The number of hydrogen-bond donors (Lipinski definition) is 2. The highest BCUT2D eigenvalue weighted by Crippen LogP contribution is 2.31. The number of methoxy groups -OCH3 is 1. The Kier molecular flexibility index (Phi) is 8.58. The van der Waals surface area contributed by atoms with Crippen LogP contribution < -0.4 is 15.4 Å². The minimum atomic E-state index is -0.525. The molecular formula is C21H26ClN3O5. The first-order valence-electron chi connectivity index (χ1n) is 9.52. The molecule has 0 aliphatic carbocycles. The molecule has 2 aromatic carbocycles. The summed E-state index contributed by atoms with van der Waals surface area (Å²) < 4.78 is 11.2. The average Bonchev–Trinajstić information content (AvgIpc) is 2.74. The number of hydrogen-bond acceptors (Lipinski definition) is 6. The molecule has 0 bridgehead atoms. The van der Waals surface area contributed by atoms with E-state index in [1.165, 1.54) is 18.2 Å². The molecule has 0 aromatic heterocycles. The molecule has 0 unspecified atom stereocenters. The van der Waals surface area contributed by atoms with Crippen LogP contribution in [0.4, 0.5) is 5.69 Å². The Hall–Kier alpha value is -2.68. The van der Waals surface area contributed by atoms with Gasteiger partial charge in [0.05, 0.1) is 17.1 Å². The van der Waals surface area contributed by atoms with Crippen molar-refractivity contribution in [3.8, 4) is 11.5 Å². The quantitative estimate of drug-likeness (QED) is 0.485. The third-order valence-electron chi connectivity index (χ3n) is 5.13. The second kappa shape index (κ2) is 10.9. The second-order valence-corrected chi connectivity index (χ2v) is 7.22. The lowest BCUT2D eigenvalue weighted by Crippen LogP contribution is -2.47. The van der Waals surface area contributed by atoms with E-state index in [2.05, 4.69) is 10.6 Å². The van der Waals surface area contributed by atoms with E-state index < -0.39 is 10.8 Å². The number of para-hydroxylation sites is 1. The summed E-state index contributed by atoms with van der Waals surface area (Å²) in [5.41, 5.74) is -0.190. The summed E-state index contributed by atoms with van der Waals surface area (Å²) in [6, 6.07) is 13.0. The molecule has 2 N–H and O–H groups in total. The van der Waals surface area contributed by atoms with Crippen LogP contribution in [-0.4, -0.2) is 44.2 Å². The molecule has 162 valence electrons. The number of nitrogens with zero attached hydrogens (tertiary/aromatic N) is 1. The summed E-state index contributed by atoms with van der Waals surface area (Å²) >= 11 is 0. The highest BCUT2D eigenvalue weighted by Gasteiger charge is 2.33. The first kappa shape index (κ1) is 23.6. The molecular weight excluding hydrogens is 410 g/mol. The van der Waals surface area contributed by atoms with Crippen LogP contribution in [0, 0.1) is 15.5 Å². The fraction of sp³-hybridized carbons (Fsp3) is 0.381. The van der Waals surface area contributed by atoms with Crippen LogP contribution in [-0.2, 0) is 4.74 Å². The molecule has 1 heterocycles. The number of ether oxygens (including phenoxy) is 2. The fourth-order valence-electron chi connectivity index (χ4n) is 3.51. The number of benzene rings is 2. The second-order valence-electron chi connectivity index (χ2n) is 7.22. The Bertz CT molecular complexity index is 851. The summed E-state index contributed by atoms with van der Waals surface area (Å²) in [6.45, 7) is 2.68. The summed E-state index contributed by atoms with van der Waals surface area (Å²) in [6.07, 6.45) is 1.76. The molecule has 2 aromatic rings. The van der Waals surface area contributed by atoms with Gasteiger partial charge in [-0.2, -0.15) is 0 Å². The molecule has 1 amide bonds. The number of nitro groups is 1. The normalized spacial score (nSPS) is 15.0. The minimum Gasteiger partial charge on any atom is -0.457 e. The summed E-state index contributed by atoms with van der Waals surface area (Å²) in [4.78, 5) is 23.6. The highest BCUT2D eigenvalue weighted by molar-refractivity contribution is 5.97. The van der Waals surface area contributed by atoms with Crippen molar-refractivity contribution < 1.29 is 19.2 Å². The van der Waals surface area contributed by atoms with Crippen molar-refractivity contribution in [2.24, 2.45) is 5.41 Å². The molecule has 1 saturated heterocycles. The molecule has 8 nitrogen and oxygen atoms in total. The van der Waals surface area contributed by atoms with Crippen molar-refractivity contribution in [1.82, 2.24) is 10.6 Å². The predicted octanol–water partition coefficient (Wildman–Crippen LogP) is 3.55. The number of rotatable bonds is 8. The molecule has 0 radical (unpaired) electrons. The largest absolute Gasteiger partial charge is 0.457 e. The van der Waals surface area contributed by atoms with Crippen molar-refractivity contribution in [2.45, 2.75) is 12.8 Å². The van der Waals surface area contributed by atoms with Gasteiger partial charge < -0.3 is 20.1 Å². The molecule has 1 aliphatic heterocycles. The molecule has 0 saturated carbocycles. The number of halogens is 1. The van der Waals surface area contributed by atoms with Gasteiger partial charge in [-0.05, 0) is 44.1 Å². The monoisotopic (exact) mass is 435 g/mol. The van der Waals surface area contributed by atoms with E-state index >= 15 is 0 Å². The lowest BCUT2D eigenvalue weighted by molar-refractivity contribution is -0.384. The molecule has 3 rings (SSSR count). The van der Waals surface area contributed by atoms with E-state index in [-0.39, 0.29) is 34.8 Å². The summed E-state index contributed by atoms with van der Waals surface area (Å²) in [5, 5.41) is 17.4. The fourth-order valence-corrected chi connectivity index (χ4v) is 3.51. The van der Waals surface area contributed by atoms with Crippen molar-refractivity contribution >= 4 is 24.0 Å². The maximum absolute atomic E-state index is 12.9. The maximum Gasteiger partial charge on any atom is 0.270 e. The van der Waals surface area contributed by atoms with E-state index in [1.807, 2.05) is 18.2 Å². The molecule has 9 heteroatoms. The van der Waals surface area contributed by atoms with Gasteiger partial charge >= 0.3 is 0 Å².